The Hall–Kier alpha value is 5.77. The second kappa shape index (κ2) is 25.0. The van der Waals surface area contributed by atoms with Crippen LogP contribution in [-0.2, 0) is 41.6 Å². The van der Waals surface area contributed by atoms with E-state index in [1.165, 1.54) is 0 Å². The normalized spacial score (nSPS) is 9.67. The van der Waals surface area contributed by atoms with Crippen LogP contribution in [0.3, 0.4) is 0 Å². The molecule has 0 radical (unpaired) electrons. The van der Waals surface area contributed by atoms with Gasteiger partial charge in [-0.2, -0.15) is 0 Å². The monoisotopic (exact) mass is 935 g/mol. The van der Waals surface area contributed by atoms with Crippen LogP contribution < -0.4 is 0 Å². The maximum atomic E-state index is 8.52. The summed E-state index contributed by atoms with van der Waals surface area (Å²) in [6.07, 6.45) is 0. The smallest absolute Gasteiger partial charge is 0.759 e. The zero-order chi connectivity index (χ0) is 18.0. The predicted molar refractivity (Wildman–Crippen MR) is 64.9 cm³/mol. The summed E-state index contributed by atoms with van der Waals surface area (Å²) in [5.74, 6) is 0. The van der Waals surface area contributed by atoms with Crippen LogP contribution in [0.15, 0.2) is 0 Å². The van der Waals surface area contributed by atoms with Crippen molar-refractivity contribution in [3.63, 3.8) is 0 Å². The van der Waals surface area contributed by atoms with E-state index in [-0.39, 0.29) is 196 Å². The van der Waals surface area contributed by atoms with Gasteiger partial charge in [-0.15, -0.1) is 0 Å². The maximum Gasteiger partial charge on any atom is 2.00 e. The fourth-order valence-corrected chi connectivity index (χ4v) is 0. The van der Waals surface area contributed by atoms with Crippen LogP contribution in [-0.4, -0.2) is 266 Å². The molecule has 0 heterocycles. The Morgan fingerprint density at radius 2 is 0.292 bits per heavy atom. The first-order valence-corrected chi connectivity index (χ1v) is 8.00. The molecule has 0 N–H and O–H groups in total. The number of hydrogen-bond donors (Lipinski definition) is 0. The van der Waals surface area contributed by atoms with Gasteiger partial charge in [-0.05, 0) is 0 Å². The van der Waals surface area contributed by atoms with Crippen molar-refractivity contribution in [2.75, 3.05) is 0 Å². The van der Waals surface area contributed by atoms with Gasteiger partial charge in [0.05, 0.1) is 0 Å². The summed E-state index contributed by atoms with van der Waals surface area (Å²) >= 11 is 0. The molecule has 0 rings (SSSR count). The predicted octanol–water partition coefficient (Wildman–Crippen LogP) is -6.88. The quantitative estimate of drug-likeness (QED) is 0.124. The van der Waals surface area contributed by atoms with E-state index in [2.05, 4.69) is 0 Å². The van der Waals surface area contributed by atoms with Crippen molar-refractivity contribution >= 4 is 237 Å². The summed E-state index contributed by atoms with van der Waals surface area (Å²) in [5.41, 5.74) is 0. The largest absolute Gasteiger partial charge is 2.00 e. The van der Waals surface area contributed by atoms with Gasteiger partial charge in [-0.3, -0.25) is 33.7 Å². The van der Waals surface area contributed by atoms with Gasteiger partial charge in [0, 0.05) is 41.6 Å². The van der Waals surface area contributed by atoms with Crippen molar-refractivity contribution in [2.24, 2.45) is 0 Å². The van der Waals surface area contributed by atoms with E-state index < -0.39 is 41.6 Å². The van der Waals surface area contributed by atoms with Crippen LogP contribution in [0.4, 0.5) is 0 Å². The van der Waals surface area contributed by atoms with E-state index >= 15 is 0 Å². The Morgan fingerprint density at radius 1 is 0.292 bits per heavy atom. The standard InChI is InChI=1S/4Ba.4H2O4S/c;;;;4*1-5(2,3)4/h;;;;4*(H2,1,2,3,4)/q4*+2;;;;/p-8. The molecule has 0 saturated heterocycles. The van der Waals surface area contributed by atoms with Crippen LogP contribution in [0.1, 0.15) is 0 Å². The summed E-state index contributed by atoms with van der Waals surface area (Å²) in [5, 5.41) is 0. The molecule has 0 aliphatic rings. The Bertz CT molecular complexity index is 483. The molecule has 16 nitrogen and oxygen atoms in total. The van der Waals surface area contributed by atoms with Gasteiger partial charge in [0.25, 0.3) is 0 Å². The molecular weight excluding hydrogens is 934 g/mol. The third kappa shape index (κ3) is 598. The van der Waals surface area contributed by atoms with Gasteiger partial charge >= 0.3 is 196 Å². The van der Waals surface area contributed by atoms with Crippen molar-refractivity contribution in [2.45, 2.75) is 0 Å². The molecule has 0 aliphatic heterocycles. The second-order valence-electron chi connectivity index (χ2n) is 1.63. The van der Waals surface area contributed by atoms with E-state index in [0.29, 0.717) is 0 Å². The van der Waals surface area contributed by atoms with Crippen LogP contribution in [0.5, 0.6) is 0 Å². The number of rotatable bonds is 0. The second-order valence-corrected chi connectivity index (χ2v) is 4.90. The summed E-state index contributed by atoms with van der Waals surface area (Å²) < 4.78 is 136. The third-order valence-corrected chi connectivity index (χ3v) is 0. The van der Waals surface area contributed by atoms with Gasteiger partial charge in [0.1, 0.15) is 0 Å². The van der Waals surface area contributed by atoms with Gasteiger partial charge < -0.3 is 36.4 Å². The minimum absolute atomic E-state index is 0. The minimum Gasteiger partial charge on any atom is -0.759 e. The summed E-state index contributed by atoms with van der Waals surface area (Å²) in [6, 6.07) is 0. The van der Waals surface area contributed by atoms with Crippen LogP contribution in [0, 0.1) is 0 Å². The molecule has 0 bridgehead atoms. The molecule has 24 heavy (non-hydrogen) atoms. The van der Waals surface area contributed by atoms with Crippen LogP contribution in [0.25, 0.3) is 0 Å². The van der Waals surface area contributed by atoms with Crippen molar-refractivity contribution in [3.05, 3.63) is 0 Å². The molecule has 0 aromatic carbocycles. The summed E-state index contributed by atoms with van der Waals surface area (Å²) in [6.45, 7) is 0. The first-order valence-electron chi connectivity index (χ1n) is 2.67. The fourth-order valence-electron chi connectivity index (χ4n) is 0. The van der Waals surface area contributed by atoms with E-state index in [1.807, 2.05) is 0 Å². The molecular formula is Ba4O16S4. The average molecular weight is 934 g/mol. The molecule has 0 aromatic heterocycles. The first-order chi connectivity index (χ1) is 8.00. The van der Waals surface area contributed by atoms with E-state index in [1.54, 1.807) is 0 Å². The van der Waals surface area contributed by atoms with E-state index in [9.17, 15) is 0 Å². The molecule has 0 saturated carbocycles. The molecule has 0 fully saturated rings. The Morgan fingerprint density at radius 3 is 0.292 bits per heavy atom. The molecule has 0 atom stereocenters. The first kappa shape index (κ1) is 52.0. The maximum absolute atomic E-state index is 8.52. The van der Waals surface area contributed by atoms with Crippen molar-refractivity contribution < 1.29 is 70.1 Å². The van der Waals surface area contributed by atoms with E-state index in [4.69, 9.17) is 70.1 Å². The molecule has 0 spiro atoms. The minimum atomic E-state index is -5.17. The summed E-state index contributed by atoms with van der Waals surface area (Å²) in [7, 11) is -20.7. The van der Waals surface area contributed by atoms with E-state index in [0.717, 1.165) is 0 Å². The molecule has 0 aromatic rings. The zero-order valence-corrected chi connectivity index (χ0v) is 32.0. The van der Waals surface area contributed by atoms with Gasteiger partial charge in [0.2, 0.25) is 0 Å². The Balaban J connectivity index is -0.0000000225. The molecule has 0 unspecified atom stereocenters. The van der Waals surface area contributed by atoms with Gasteiger partial charge in [0.15, 0.2) is 0 Å². The van der Waals surface area contributed by atoms with Crippen LogP contribution in [0.2, 0.25) is 0 Å². The van der Waals surface area contributed by atoms with Crippen molar-refractivity contribution in [1.29, 1.82) is 0 Å². The topological polar surface area (TPSA) is 321 Å². The van der Waals surface area contributed by atoms with Crippen molar-refractivity contribution in [3.8, 4) is 0 Å². The van der Waals surface area contributed by atoms with Crippen LogP contribution >= 0.6 is 0 Å². The van der Waals surface area contributed by atoms with Crippen molar-refractivity contribution in [1.82, 2.24) is 0 Å². The van der Waals surface area contributed by atoms with Gasteiger partial charge in [-0.1, -0.05) is 0 Å². The Labute approximate surface area is 298 Å². The zero-order valence-electron chi connectivity index (χ0n) is 11.0. The molecule has 0 amide bonds. The molecule has 0 aliphatic carbocycles. The third-order valence-electron chi connectivity index (χ3n) is 0. The summed E-state index contributed by atoms with van der Waals surface area (Å²) in [4.78, 5) is 0. The molecule has 128 valence electrons. The molecule has 24 heteroatoms. The fraction of sp³-hybridized carbons (Fsp3) is 0. The average Bonchev–Trinajstić information content (AvgIpc) is 1.62. The number of hydrogen-bond acceptors (Lipinski definition) is 16. The van der Waals surface area contributed by atoms with Gasteiger partial charge in [-0.25, -0.2) is 0 Å². The Kier molecular flexibility index (Phi) is 54.2. The SMILES string of the molecule is O=S(=O)([O-])[O-].O=S(=O)([O-])[O-].O=S(=O)([O-])[O-].O=S(=O)([O-])[O-].[Ba+2].[Ba+2].[Ba+2].[Ba+2].